The van der Waals surface area contributed by atoms with Gasteiger partial charge in [-0.3, -0.25) is 0 Å². The van der Waals surface area contributed by atoms with E-state index in [1.165, 1.54) is 11.1 Å². The van der Waals surface area contributed by atoms with Gasteiger partial charge in [-0.15, -0.1) is 0 Å². The molecule has 2 unspecified atom stereocenters. The molecule has 3 nitrogen and oxygen atoms in total. The fourth-order valence-electron chi connectivity index (χ4n) is 2.08. The van der Waals surface area contributed by atoms with Gasteiger partial charge in [0.05, 0.1) is 6.10 Å². The third-order valence-corrected chi connectivity index (χ3v) is 3.29. The Hall–Kier alpha value is -1.16. The van der Waals surface area contributed by atoms with Crippen molar-refractivity contribution in [3.8, 4) is 0 Å². The Labute approximate surface area is 122 Å². The first-order valence-corrected chi connectivity index (χ1v) is 7.02. The van der Waals surface area contributed by atoms with Crippen molar-refractivity contribution in [1.29, 1.82) is 0 Å². The Kier molecular flexibility index (Phi) is 7.52. The van der Waals surface area contributed by atoms with Crippen molar-refractivity contribution in [1.82, 2.24) is 0 Å². The average Bonchev–Trinajstić information content (AvgIpc) is 2.45. The number of aryl methyl sites for hydroxylation is 1. The molecular weight excluding hydrogens is 252 g/mol. The maximum Gasteiger partial charge on any atom is 0.159 e. The topological polar surface area (TPSA) is 27.7 Å². The number of hydrogen-bond acceptors (Lipinski definition) is 3. The SMILES string of the molecule is CCOC(CC(OC)/C(C)=C/c1ccc(C)cc1)OC. The normalized spacial score (nSPS) is 15.2. The van der Waals surface area contributed by atoms with E-state index in [9.17, 15) is 0 Å². The summed E-state index contributed by atoms with van der Waals surface area (Å²) in [4.78, 5) is 0. The smallest absolute Gasteiger partial charge is 0.159 e. The monoisotopic (exact) mass is 278 g/mol. The number of rotatable bonds is 8. The van der Waals surface area contributed by atoms with Gasteiger partial charge in [-0.2, -0.15) is 0 Å². The third-order valence-electron chi connectivity index (χ3n) is 3.29. The van der Waals surface area contributed by atoms with Crippen molar-refractivity contribution >= 4 is 6.08 Å². The molecule has 0 aliphatic rings. The molecular formula is C17H26O3. The lowest BCUT2D eigenvalue weighted by molar-refractivity contribution is -0.137. The van der Waals surface area contributed by atoms with Gasteiger partial charge in [-0.25, -0.2) is 0 Å². The molecule has 0 heterocycles. The fourth-order valence-corrected chi connectivity index (χ4v) is 2.08. The predicted octanol–water partition coefficient (Wildman–Crippen LogP) is 3.81. The first-order chi connectivity index (χ1) is 9.60. The second-order valence-electron chi connectivity index (χ2n) is 4.88. The van der Waals surface area contributed by atoms with Crippen molar-refractivity contribution in [2.45, 2.75) is 39.6 Å². The predicted molar refractivity (Wildman–Crippen MR) is 82.7 cm³/mol. The standard InChI is InChI=1S/C17H26O3/c1-6-20-17(19-5)12-16(18-4)14(3)11-15-9-7-13(2)8-10-15/h7-11,16-17H,6,12H2,1-5H3/b14-11+. The molecule has 0 aromatic heterocycles. The van der Waals surface area contributed by atoms with Gasteiger partial charge in [0.2, 0.25) is 0 Å². The maximum absolute atomic E-state index is 5.56. The Bertz CT molecular complexity index is 409. The first kappa shape index (κ1) is 16.9. The number of benzene rings is 1. The summed E-state index contributed by atoms with van der Waals surface area (Å²) in [6.45, 7) is 6.76. The van der Waals surface area contributed by atoms with Crippen LogP contribution in [0.1, 0.15) is 31.4 Å². The van der Waals surface area contributed by atoms with E-state index in [4.69, 9.17) is 14.2 Å². The van der Waals surface area contributed by atoms with Gasteiger partial charge in [-0.1, -0.05) is 35.9 Å². The van der Waals surface area contributed by atoms with E-state index >= 15 is 0 Å². The van der Waals surface area contributed by atoms with E-state index in [-0.39, 0.29) is 12.4 Å². The molecule has 0 fully saturated rings. The molecule has 1 aromatic rings. The van der Waals surface area contributed by atoms with Gasteiger partial charge in [0, 0.05) is 27.2 Å². The van der Waals surface area contributed by atoms with Crippen molar-refractivity contribution in [2.75, 3.05) is 20.8 Å². The van der Waals surface area contributed by atoms with Crippen molar-refractivity contribution < 1.29 is 14.2 Å². The average molecular weight is 278 g/mol. The second kappa shape index (κ2) is 8.90. The highest BCUT2D eigenvalue weighted by Crippen LogP contribution is 2.18. The van der Waals surface area contributed by atoms with E-state index in [1.54, 1.807) is 14.2 Å². The highest BCUT2D eigenvalue weighted by atomic mass is 16.7. The third kappa shape index (κ3) is 5.45. The van der Waals surface area contributed by atoms with Crippen molar-refractivity contribution in [3.63, 3.8) is 0 Å². The largest absolute Gasteiger partial charge is 0.377 e. The molecule has 0 aliphatic heterocycles. The quantitative estimate of drug-likeness (QED) is 0.677. The molecule has 0 bridgehead atoms. The molecule has 112 valence electrons. The van der Waals surface area contributed by atoms with Crippen LogP contribution in [0.25, 0.3) is 6.08 Å². The van der Waals surface area contributed by atoms with Crippen LogP contribution in [0.15, 0.2) is 29.8 Å². The molecule has 1 aromatic carbocycles. The molecule has 0 radical (unpaired) electrons. The van der Waals surface area contributed by atoms with Crippen LogP contribution in [0.4, 0.5) is 0 Å². The van der Waals surface area contributed by atoms with Crippen LogP contribution in [0, 0.1) is 6.92 Å². The molecule has 0 spiro atoms. The summed E-state index contributed by atoms with van der Waals surface area (Å²) >= 11 is 0. The minimum absolute atomic E-state index is 0.00666. The number of hydrogen-bond donors (Lipinski definition) is 0. The fraction of sp³-hybridized carbons (Fsp3) is 0.529. The lowest BCUT2D eigenvalue weighted by atomic mass is 10.0. The number of ether oxygens (including phenoxy) is 3. The van der Waals surface area contributed by atoms with Gasteiger partial charge in [-0.05, 0) is 31.9 Å². The van der Waals surface area contributed by atoms with Gasteiger partial charge < -0.3 is 14.2 Å². The Morgan fingerprint density at radius 3 is 2.30 bits per heavy atom. The number of methoxy groups -OCH3 is 2. The molecule has 20 heavy (non-hydrogen) atoms. The van der Waals surface area contributed by atoms with Crippen LogP contribution in [0.3, 0.4) is 0 Å². The summed E-state index contributed by atoms with van der Waals surface area (Å²) in [5.74, 6) is 0. The van der Waals surface area contributed by atoms with Crippen LogP contribution < -0.4 is 0 Å². The highest BCUT2D eigenvalue weighted by molar-refractivity contribution is 5.53. The molecule has 0 amide bonds. The van der Waals surface area contributed by atoms with Crippen molar-refractivity contribution in [3.05, 3.63) is 41.0 Å². The lowest BCUT2D eigenvalue weighted by Gasteiger charge is -2.22. The zero-order valence-electron chi connectivity index (χ0n) is 13.2. The van der Waals surface area contributed by atoms with Gasteiger partial charge >= 0.3 is 0 Å². The summed E-state index contributed by atoms with van der Waals surface area (Å²) in [7, 11) is 3.38. The van der Waals surface area contributed by atoms with E-state index < -0.39 is 0 Å². The minimum Gasteiger partial charge on any atom is -0.377 e. The van der Waals surface area contributed by atoms with E-state index in [1.807, 2.05) is 6.92 Å². The molecule has 3 heteroatoms. The summed E-state index contributed by atoms with van der Waals surface area (Å²) in [6, 6.07) is 8.45. The molecule has 0 aliphatic carbocycles. The van der Waals surface area contributed by atoms with Crippen LogP contribution in [-0.4, -0.2) is 33.2 Å². The van der Waals surface area contributed by atoms with Crippen LogP contribution in [0.5, 0.6) is 0 Å². The Morgan fingerprint density at radius 1 is 1.15 bits per heavy atom. The molecule has 0 saturated heterocycles. The Balaban J connectivity index is 2.74. The van der Waals surface area contributed by atoms with E-state index in [0.717, 1.165) is 5.57 Å². The summed E-state index contributed by atoms with van der Waals surface area (Å²) in [6.07, 6.45) is 2.60. The summed E-state index contributed by atoms with van der Waals surface area (Å²) in [5, 5.41) is 0. The van der Waals surface area contributed by atoms with Crippen LogP contribution >= 0.6 is 0 Å². The Morgan fingerprint density at radius 2 is 1.80 bits per heavy atom. The molecule has 0 N–H and O–H groups in total. The first-order valence-electron chi connectivity index (χ1n) is 7.02. The van der Waals surface area contributed by atoms with Gasteiger partial charge in [0.25, 0.3) is 0 Å². The zero-order valence-corrected chi connectivity index (χ0v) is 13.2. The molecule has 1 rings (SSSR count). The van der Waals surface area contributed by atoms with E-state index in [2.05, 4.69) is 44.2 Å². The zero-order chi connectivity index (χ0) is 15.0. The van der Waals surface area contributed by atoms with Crippen LogP contribution in [0.2, 0.25) is 0 Å². The summed E-state index contributed by atoms with van der Waals surface area (Å²) in [5.41, 5.74) is 3.61. The maximum atomic E-state index is 5.56. The lowest BCUT2D eigenvalue weighted by Crippen LogP contribution is -2.24. The van der Waals surface area contributed by atoms with E-state index in [0.29, 0.717) is 13.0 Å². The molecule has 0 saturated carbocycles. The van der Waals surface area contributed by atoms with Gasteiger partial charge in [0.15, 0.2) is 6.29 Å². The van der Waals surface area contributed by atoms with Crippen molar-refractivity contribution in [2.24, 2.45) is 0 Å². The molecule has 2 atom stereocenters. The highest BCUT2D eigenvalue weighted by Gasteiger charge is 2.17. The minimum atomic E-state index is -0.230. The second-order valence-corrected chi connectivity index (χ2v) is 4.88. The van der Waals surface area contributed by atoms with Crippen LogP contribution in [-0.2, 0) is 14.2 Å². The van der Waals surface area contributed by atoms with Gasteiger partial charge in [0.1, 0.15) is 0 Å². The summed E-state index contributed by atoms with van der Waals surface area (Å²) < 4.78 is 16.4.